The zero-order valence-electron chi connectivity index (χ0n) is 13.5. The van der Waals surface area contributed by atoms with Crippen molar-refractivity contribution in [2.75, 3.05) is 26.2 Å². The van der Waals surface area contributed by atoms with Gasteiger partial charge in [-0.15, -0.1) is 0 Å². The van der Waals surface area contributed by atoms with E-state index in [1.54, 1.807) is 0 Å². The largest absolute Gasteiger partial charge is 0.491 e. The van der Waals surface area contributed by atoms with Crippen molar-refractivity contribution in [3.8, 4) is 5.75 Å². The Kier molecular flexibility index (Phi) is 7.03. The average Bonchev–Trinajstić information content (AvgIpc) is 2.42. The molecule has 1 aromatic rings. The lowest BCUT2D eigenvalue weighted by Crippen LogP contribution is -2.35. The van der Waals surface area contributed by atoms with Gasteiger partial charge in [0.05, 0.1) is 0 Å². The molecule has 1 atom stereocenters. The van der Waals surface area contributed by atoms with Crippen molar-refractivity contribution in [1.29, 1.82) is 0 Å². The molecule has 0 fully saturated rings. The summed E-state index contributed by atoms with van der Waals surface area (Å²) in [5.74, 6) is 1.36. The number of nitrogens with zero attached hydrogens (tertiary/aromatic N) is 1. The molecule has 0 saturated heterocycles. The molecule has 0 aliphatic carbocycles. The molecule has 0 amide bonds. The highest BCUT2D eigenvalue weighted by Gasteiger charge is 2.10. The van der Waals surface area contributed by atoms with Crippen molar-refractivity contribution in [2.24, 2.45) is 0 Å². The summed E-state index contributed by atoms with van der Waals surface area (Å²) in [5, 5.41) is 9.99. The summed E-state index contributed by atoms with van der Waals surface area (Å²) >= 11 is 0. The van der Waals surface area contributed by atoms with Gasteiger partial charge in [-0.2, -0.15) is 0 Å². The molecule has 0 unspecified atom stereocenters. The van der Waals surface area contributed by atoms with Gasteiger partial charge in [0.1, 0.15) is 18.5 Å². The third-order valence-electron chi connectivity index (χ3n) is 3.67. The van der Waals surface area contributed by atoms with Crippen molar-refractivity contribution < 1.29 is 9.84 Å². The molecular weight excluding hydrogens is 250 g/mol. The van der Waals surface area contributed by atoms with E-state index in [2.05, 4.69) is 51.7 Å². The molecule has 1 N–H and O–H groups in total. The van der Waals surface area contributed by atoms with Crippen LogP contribution in [0, 0.1) is 6.92 Å². The van der Waals surface area contributed by atoms with Crippen LogP contribution in [0.1, 0.15) is 44.7 Å². The first-order valence-electron chi connectivity index (χ1n) is 7.61. The van der Waals surface area contributed by atoms with Crippen molar-refractivity contribution in [3.63, 3.8) is 0 Å². The summed E-state index contributed by atoms with van der Waals surface area (Å²) < 4.78 is 5.70. The zero-order chi connectivity index (χ0) is 15.1. The molecule has 0 radical (unpaired) electrons. The van der Waals surface area contributed by atoms with Gasteiger partial charge in [0, 0.05) is 6.54 Å². The molecule has 1 rings (SSSR count). The van der Waals surface area contributed by atoms with E-state index in [1.165, 1.54) is 11.1 Å². The zero-order valence-corrected chi connectivity index (χ0v) is 13.5. The normalized spacial score (nSPS) is 13.0. The Balaban J connectivity index is 2.51. The minimum Gasteiger partial charge on any atom is -0.491 e. The standard InChI is InChI=1S/C17H29NO2/c1-6-18(7-2)11-15(19)12-20-16-8-9-17(13(3)4)14(5)10-16/h8-10,13,15,19H,6-7,11-12H2,1-5H3/t15-/m0/s1. The van der Waals surface area contributed by atoms with E-state index < -0.39 is 6.10 Å². The Morgan fingerprint density at radius 2 is 1.85 bits per heavy atom. The minimum atomic E-state index is -0.444. The second-order valence-electron chi connectivity index (χ2n) is 5.62. The van der Waals surface area contributed by atoms with Crippen LogP contribution in [0.15, 0.2) is 18.2 Å². The predicted octanol–water partition coefficient (Wildman–Crippen LogP) is 3.20. The van der Waals surface area contributed by atoms with Crippen molar-refractivity contribution in [3.05, 3.63) is 29.3 Å². The quantitative estimate of drug-likeness (QED) is 0.793. The molecule has 0 heterocycles. The summed E-state index contributed by atoms with van der Waals surface area (Å²) in [4.78, 5) is 2.20. The van der Waals surface area contributed by atoms with Gasteiger partial charge in [0.25, 0.3) is 0 Å². The summed E-state index contributed by atoms with van der Waals surface area (Å²) in [6.45, 7) is 13.6. The smallest absolute Gasteiger partial charge is 0.119 e. The highest BCUT2D eigenvalue weighted by Crippen LogP contribution is 2.23. The van der Waals surface area contributed by atoms with Crippen LogP contribution in [0.4, 0.5) is 0 Å². The highest BCUT2D eigenvalue weighted by molar-refractivity contribution is 5.36. The van der Waals surface area contributed by atoms with Gasteiger partial charge in [-0.3, -0.25) is 0 Å². The fourth-order valence-electron chi connectivity index (χ4n) is 2.41. The monoisotopic (exact) mass is 279 g/mol. The first kappa shape index (κ1) is 17.0. The summed E-state index contributed by atoms with van der Waals surface area (Å²) in [6.07, 6.45) is -0.444. The maximum Gasteiger partial charge on any atom is 0.119 e. The third-order valence-corrected chi connectivity index (χ3v) is 3.67. The Morgan fingerprint density at radius 3 is 2.35 bits per heavy atom. The number of hydrogen-bond acceptors (Lipinski definition) is 3. The molecule has 0 aliphatic rings. The number of ether oxygens (including phenoxy) is 1. The van der Waals surface area contributed by atoms with E-state index in [-0.39, 0.29) is 0 Å². The lowest BCUT2D eigenvalue weighted by Gasteiger charge is -2.22. The second-order valence-corrected chi connectivity index (χ2v) is 5.62. The molecular formula is C17H29NO2. The van der Waals surface area contributed by atoms with E-state index in [4.69, 9.17) is 4.74 Å². The molecule has 3 nitrogen and oxygen atoms in total. The fourth-order valence-corrected chi connectivity index (χ4v) is 2.41. The number of aryl methyl sites for hydroxylation is 1. The molecule has 0 saturated carbocycles. The molecule has 0 aromatic heterocycles. The number of aliphatic hydroxyl groups excluding tert-OH is 1. The van der Waals surface area contributed by atoms with E-state index >= 15 is 0 Å². The first-order valence-corrected chi connectivity index (χ1v) is 7.61. The Bertz CT molecular complexity index is 400. The van der Waals surface area contributed by atoms with E-state index in [9.17, 15) is 5.11 Å². The van der Waals surface area contributed by atoms with Crippen LogP contribution in [-0.2, 0) is 0 Å². The van der Waals surface area contributed by atoms with Gasteiger partial charge >= 0.3 is 0 Å². The topological polar surface area (TPSA) is 32.7 Å². The van der Waals surface area contributed by atoms with Crippen LogP contribution in [0.25, 0.3) is 0 Å². The fraction of sp³-hybridized carbons (Fsp3) is 0.647. The van der Waals surface area contributed by atoms with Crippen LogP contribution < -0.4 is 4.74 Å². The van der Waals surface area contributed by atoms with E-state index in [0.29, 0.717) is 19.1 Å². The minimum absolute atomic E-state index is 0.344. The molecule has 0 aliphatic heterocycles. The maximum atomic E-state index is 9.99. The van der Waals surface area contributed by atoms with Crippen LogP contribution in [0.3, 0.4) is 0 Å². The molecule has 0 bridgehead atoms. The number of benzene rings is 1. The van der Waals surface area contributed by atoms with Crippen molar-refractivity contribution in [1.82, 2.24) is 4.90 Å². The molecule has 3 heteroatoms. The van der Waals surface area contributed by atoms with Crippen LogP contribution in [-0.4, -0.2) is 42.4 Å². The molecule has 114 valence electrons. The summed E-state index contributed by atoms with van der Waals surface area (Å²) in [6, 6.07) is 6.16. The van der Waals surface area contributed by atoms with E-state index in [1.807, 2.05) is 6.07 Å². The molecule has 1 aromatic carbocycles. The van der Waals surface area contributed by atoms with Crippen LogP contribution >= 0.6 is 0 Å². The van der Waals surface area contributed by atoms with Crippen molar-refractivity contribution >= 4 is 0 Å². The number of likely N-dealkylation sites (N-methyl/N-ethyl adjacent to an activating group) is 1. The van der Waals surface area contributed by atoms with Crippen LogP contribution in [0.2, 0.25) is 0 Å². The third kappa shape index (κ3) is 5.14. The van der Waals surface area contributed by atoms with E-state index in [0.717, 1.165) is 18.8 Å². The summed E-state index contributed by atoms with van der Waals surface area (Å²) in [5.41, 5.74) is 2.59. The molecule has 0 spiro atoms. The average molecular weight is 279 g/mol. The lowest BCUT2D eigenvalue weighted by molar-refractivity contribution is 0.0716. The number of rotatable bonds is 8. The Labute approximate surface area is 123 Å². The van der Waals surface area contributed by atoms with Gasteiger partial charge in [0.15, 0.2) is 0 Å². The van der Waals surface area contributed by atoms with Gasteiger partial charge in [-0.25, -0.2) is 0 Å². The summed E-state index contributed by atoms with van der Waals surface area (Å²) in [7, 11) is 0. The number of hydrogen-bond donors (Lipinski definition) is 1. The molecule has 20 heavy (non-hydrogen) atoms. The Morgan fingerprint density at radius 1 is 1.20 bits per heavy atom. The van der Waals surface area contributed by atoms with Gasteiger partial charge in [0.2, 0.25) is 0 Å². The SMILES string of the molecule is CCN(CC)C[C@H](O)COc1ccc(C(C)C)c(C)c1. The first-order chi connectivity index (χ1) is 9.47. The van der Waals surface area contributed by atoms with Gasteiger partial charge in [-0.05, 0) is 49.2 Å². The lowest BCUT2D eigenvalue weighted by atomic mass is 9.98. The van der Waals surface area contributed by atoms with Gasteiger partial charge in [-0.1, -0.05) is 33.8 Å². The number of aliphatic hydroxyl groups is 1. The Hall–Kier alpha value is -1.06. The maximum absolute atomic E-state index is 9.99. The van der Waals surface area contributed by atoms with Crippen LogP contribution in [0.5, 0.6) is 5.75 Å². The second kappa shape index (κ2) is 8.28. The van der Waals surface area contributed by atoms with Gasteiger partial charge < -0.3 is 14.7 Å². The predicted molar refractivity (Wildman–Crippen MR) is 84.6 cm³/mol. The van der Waals surface area contributed by atoms with Crippen molar-refractivity contribution in [2.45, 2.75) is 46.6 Å². The highest BCUT2D eigenvalue weighted by atomic mass is 16.5.